The second kappa shape index (κ2) is 5.01. The van der Waals surface area contributed by atoms with Crippen LogP contribution in [0.2, 0.25) is 0 Å². The Kier molecular flexibility index (Phi) is 3.21. The van der Waals surface area contributed by atoms with Crippen LogP contribution in [-0.4, -0.2) is 15.0 Å². The van der Waals surface area contributed by atoms with Crippen molar-refractivity contribution < 1.29 is 4.39 Å². The van der Waals surface area contributed by atoms with Gasteiger partial charge in [-0.3, -0.25) is 0 Å². The fourth-order valence-electron chi connectivity index (χ4n) is 2.30. The van der Waals surface area contributed by atoms with Crippen molar-refractivity contribution in [2.45, 2.75) is 32.9 Å². The molecule has 2 aromatic rings. The van der Waals surface area contributed by atoms with E-state index in [0.717, 1.165) is 37.3 Å². The van der Waals surface area contributed by atoms with Crippen molar-refractivity contribution in [2.75, 3.05) is 0 Å². The van der Waals surface area contributed by atoms with Crippen LogP contribution in [0.3, 0.4) is 0 Å². The molecule has 19 heavy (non-hydrogen) atoms. The van der Waals surface area contributed by atoms with Gasteiger partial charge in [-0.1, -0.05) is 13.3 Å². The molecule has 2 aromatic heterocycles. The zero-order valence-corrected chi connectivity index (χ0v) is 10.8. The highest BCUT2D eigenvalue weighted by atomic mass is 19.1. The van der Waals surface area contributed by atoms with Crippen molar-refractivity contribution in [1.82, 2.24) is 20.3 Å². The van der Waals surface area contributed by atoms with Crippen LogP contribution in [0.4, 0.5) is 4.39 Å². The summed E-state index contributed by atoms with van der Waals surface area (Å²) in [4.78, 5) is 13.2. The zero-order chi connectivity index (χ0) is 13.2. The number of aromatic nitrogens is 3. The van der Waals surface area contributed by atoms with Crippen LogP contribution >= 0.6 is 0 Å². The van der Waals surface area contributed by atoms with Gasteiger partial charge in [-0.25, -0.2) is 19.3 Å². The van der Waals surface area contributed by atoms with Gasteiger partial charge in [0, 0.05) is 24.3 Å². The second-order valence-corrected chi connectivity index (χ2v) is 4.63. The molecule has 0 spiro atoms. The quantitative estimate of drug-likeness (QED) is 0.917. The lowest BCUT2D eigenvalue weighted by molar-refractivity contribution is 0.621. The van der Waals surface area contributed by atoms with E-state index in [0.29, 0.717) is 11.5 Å². The summed E-state index contributed by atoms with van der Waals surface area (Å²) in [6, 6.07) is 3.01. The standard InChI is InChI=1S/C14H15FN4/c1-2-3-11-10-7-16-8-13(10)19-14(18-11)12-5-4-9(15)6-17-12/h4-6,16H,2-3,7-8H2,1H3. The van der Waals surface area contributed by atoms with Gasteiger partial charge in [-0.2, -0.15) is 0 Å². The lowest BCUT2D eigenvalue weighted by Gasteiger charge is -2.08. The number of fused-ring (bicyclic) bond motifs is 1. The molecule has 3 heterocycles. The summed E-state index contributed by atoms with van der Waals surface area (Å²) >= 11 is 0. The molecule has 3 rings (SSSR count). The van der Waals surface area contributed by atoms with Crippen molar-refractivity contribution in [1.29, 1.82) is 0 Å². The monoisotopic (exact) mass is 258 g/mol. The molecule has 0 unspecified atom stereocenters. The summed E-state index contributed by atoms with van der Waals surface area (Å²) in [5, 5.41) is 3.29. The summed E-state index contributed by atoms with van der Waals surface area (Å²) in [6.07, 6.45) is 3.17. The van der Waals surface area contributed by atoms with Gasteiger partial charge < -0.3 is 5.32 Å². The normalized spacial score (nSPS) is 13.6. The molecule has 0 fully saturated rings. The predicted octanol–water partition coefficient (Wildman–Crippen LogP) is 2.23. The van der Waals surface area contributed by atoms with E-state index in [1.807, 2.05) is 0 Å². The molecule has 1 N–H and O–H groups in total. The first-order chi connectivity index (χ1) is 9.28. The maximum Gasteiger partial charge on any atom is 0.178 e. The molecule has 0 aliphatic carbocycles. The number of hydrogen-bond acceptors (Lipinski definition) is 4. The van der Waals surface area contributed by atoms with Crippen LogP contribution in [0.25, 0.3) is 11.5 Å². The minimum Gasteiger partial charge on any atom is -0.307 e. The molecule has 0 radical (unpaired) electrons. The van der Waals surface area contributed by atoms with Crippen LogP contribution in [0.5, 0.6) is 0 Å². The van der Waals surface area contributed by atoms with E-state index in [9.17, 15) is 4.39 Å². The minimum atomic E-state index is -0.347. The van der Waals surface area contributed by atoms with Crippen molar-refractivity contribution >= 4 is 0 Å². The fraction of sp³-hybridized carbons (Fsp3) is 0.357. The highest BCUT2D eigenvalue weighted by Crippen LogP contribution is 2.22. The summed E-state index contributed by atoms with van der Waals surface area (Å²) in [5.41, 5.74) is 3.96. The van der Waals surface area contributed by atoms with E-state index in [1.165, 1.54) is 17.8 Å². The van der Waals surface area contributed by atoms with Crippen LogP contribution in [0, 0.1) is 5.82 Å². The molecule has 0 bridgehead atoms. The Balaban J connectivity index is 2.07. The van der Waals surface area contributed by atoms with Crippen LogP contribution in [0.1, 0.15) is 30.3 Å². The van der Waals surface area contributed by atoms with E-state index < -0.39 is 0 Å². The Labute approximate surface area is 111 Å². The molecule has 98 valence electrons. The van der Waals surface area contributed by atoms with E-state index in [2.05, 4.69) is 27.2 Å². The number of nitrogens with one attached hydrogen (secondary N) is 1. The first-order valence-corrected chi connectivity index (χ1v) is 6.49. The summed E-state index contributed by atoms with van der Waals surface area (Å²) in [7, 11) is 0. The summed E-state index contributed by atoms with van der Waals surface area (Å²) in [5.74, 6) is 0.242. The molecule has 5 heteroatoms. The van der Waals surface area contributed by atoms with Crippen LogP contribution < -0.4 is 5.32 Å². The first kappa shape index (κ1) is 12.2. The molecule has 0 saturated carbocycles. The van der Waals surface area contributed by atoms with Crippen LogP contribution in [0.15, 0.2) is 18.3 Å². The average Bonchev–Trinajstić information content (AvgIpc) is 2.88. The zero-order valence-electron chi connectivity index (χ0n) is 10.8. The SMILES string of the molecule is CCCc1nc(-c2ccc(F)cn2)nc2c1CNC2. The molecule has 0 saturated heterocycles. The molecule has 0 atom stereocenters. The molecular formula is C14H15FN4. The van der Waals surface area contributed by atoms with Crippen LogP contribution in [-0.2, 0) is 19.5 Å². The topological polar surface area (TPSA) is 50.7 Å². The maximum atomic E-state index is 12.9. The third kappa shape index (κ3) is 2.33. The van der Waals surface area contributed by atoms with Crippen molar-refractivity contribution in [2.24, 2.45) is 0 Å². The number of nitrogens with zero attached hydrogens (tertiary/aromatic N) is 3. The largest absolute Gasteiger partial charge is 0.307 e. The highest BCUT2D eigenvalue weighted by Gasteiger charge is 2.19. The third-order valence-electron chi connectivity index (χ3n) is 3.22. The maximum absolute atomic E-state index is 12.9. The van der Waals surface area contributed by atoms with E-state index in [4.69, 9.17) is 0 Å². The smallest absolute Gasteiger partial charge is 0.178 e. The minimum absolute atomic E-state index is 0.347. The predicted molar refractivity (Wildman–Crippen MR) is 69.8 cm³/mol. The van der Waals surface area contributed by atoms with Gasteiger partial charge in [0.25, 0.3) is 0 Å². The second-order valence-electron chi connectivity index (χ2n) is 4.63. The first-order valence-electron chi connectivity index (χ1n) is 6.49. The third-order valence-corrected chi connectivity index (χ3v) is 3.22. The van der Waals surface area contributed by atoms with Crippen molar-refractivity contribution in [3.8, 4) is 11.5 Å². The summed E-state index contributed by atoms with van der Waals surface area (Å²) < 4.78 is 12.9. The number of aryl methyl sites for hydroxylation is 1. The van der Waals surface area contributed by atoms with Gasteiger partial charge in [0.15, 0.2) is 5.82 Å². The molecule has 1 aliphatic heterocycles. The van der Waals surface area contributed by atoms with E-state index >= 15 is 0 Å². The van der Waals surface area contributed by atoms with Gasteiger partial charge in [0.05, 0.1) is 11.9 Å². The molecule has 1 aliphatic rings. The molecular weight excluding hydrogens is 243 g/mol. The van der Waals surface area contributed by atoms with Gasteiger partial charge in [-0.05, 0) is 18.6 Å². The average molecular weight is 258 g/mol. The Bertz CT molecular complexity index is 595. The van der Waals surface area contributed by atoms with Gasteiger partial charge >= 0.3 is 0 Å². The lowest BCUT2D eigenvalue weighted by Crippen LogP contribution is -2.04. The highest BCUT2D eigenvalue weighted by molar-refractivity contribution is 5.50. The fourth-order valence-corrected chi connectivity index (χ4v) is 2.30. The van der Waals surface area contributed by atoms with Gasteiger partial charge in [0.1, 0.15) is 11.5 Å². The van der Waals surface area contributed by atoms with Gasteiger partial charge in [0.2, 0.25) is 0 Å². The van der Waals surface area contributed by atoms with E-state index in [1.54, 1.807) is 6.07 Å². The lowest BCUT2D eigenvalue weighted by atomic mass is 10.1. The van der Waals surface area contributed by atoms with Gasteiger partial charge in [-0.15, -0.1) is 0 Å². The van der Waals surface area contributed by atoms with Crippen molar-refractivity contribution in [3.63, 3.8) is 0 Å². The number of rotatable bonds is 3. The number of pyridine rings is 1. The van der Waals surface area contributed by atoms with E-state index in [-0.39, 0.29) is 5.82 Å². The Hall–Kier alpha value is -1.88. The molecule has 4 nitrogen and oxygen atoms in total. The Morgan fingerprint density at radius 2 is 2.16 bits per heavy atom. The Morgan fingerprint density at radius 1 is 1.26 bits per heavy atom. The molecule has 0 amide bonds. The Morgan fingerprint density at radius 3 is 2.89 bits per heavy atom. The molecule has 0 aromatic carbocycles. The summed E-state index contributed by atoms with van der Waals surface area (Å²) in [6.45, 7) is 3.73. The van der Waals surface area contributed by atoms with Crippen molar-refractivity contribution in [3.05, 3.63) is 41.1 Å². The number of hydrogen-bond donors (Lipinski definition) is 1. The number of halogens is 1.